The first-order valence-electron chi connectivity index (χ1n) is 4.69. The summed E-state index contributed by atoms with van der Waals surface area (Å²) in [6.45, 7) is 2.43. The molecule has 0 aromatic heterocycles. The third-order valence-electron chi connectivity index (χ3n) is 2.32. The molecular formula is C11H13BrClN. The zero-order valence-corrected chi connectivity index (χ0v) is 10.3. The molecule has 0 atom stereocenters. The van der Waals surface area contributed by atoms with Gasteiger partial charge in [0.25, 0.3) is 0 Å². The predicted molar refractivity (Wildman–Crippen MR) is 58.5 cm³/mol. The summed E-state index contributed by atoms with van der Waals surface area (Å²) >= 11 is 3.47. The van der Waals surface area contributed by atoms with E-state index < -0.39 is 0 Å². The highest BCUT2D eigenvalue weighted by Crippen LogP contribution is 2.10. The van der Waals surface area contributed by atoms with Gasteiger partial charge in [-0.1, -0.05) is 22.0 Å². The summed E-state index contributed by atoms with van der Waals surface area (Å²) in [6.07, 6.45) is 4.92. The van der Waals surface area contributed by atoms with Gasteiger partial charge in [0.1, 0.15) is 13.1 Å². The van der Waals surface area contributed by atoms with Gasteiger partial charge in [-0.15, -0.1) is 0 Å². The molecule has 0 spiro atoms. The van der Waals surface area contributed by atoms with Gasteiger partial charge in [0, 0.05) is 22.9 Å². The fourth-order valence-corrected chi connectivity index (χ4v) is 2.09. The zero-order chi connectivity index (χ0) is 9.10. The SMILES string of the molecule is Brc1cccc(C=[N+]2CCCC2)c1.[Cl-]. The van der Waals surface area contributed by atoms with Crippen molar-refractivity contribution in [3.8, 4) is 0 Å². The van der Waals surface area contributed by atoms with E-state index in [0.717, 1.165) is 4.47 Å². The second-order valence-electron chi connectivity index (χ2n) is 3.43. The van der Waals surface area contributed by atoms with E-state index in [2.05, 4.69) is 51.0 Å². The Kier molecular flexibility index (Phi) is 4.63. The fourth-order valence-electron chi connectivity index (χ4n) is 1.67. The van der Waals surface area contributed by atoms with Crippen LogP contribution in [-0.2, 0) is 0 Å². The molecule has 2 rings (SSSR count). The van der Waals surface area contributed by atoms with Crippen LogP contribution in [0.4, 0.5) is 0 Å². The van der Waals surface area contributed by atoms with Crippen LogP contribution < -0.4 is 12.4 Å². The van der Waals surface area contributed by atoms with E-state index in [9.17, 15) is 0 Å². The molecule has 1 fully saturated rings. The number of hydrogen-bond acceptors (Lipinski definition) is 0. The monoisotopic (exact) mass is 273 g/mol. The highest BCUT2D eigenvalue weighted by Gasteiger charge is 2.11. The van der Waals surface area contributed by atoms with Crippen molar-refractivity contribution >= 4 is 22.1 Å². The lowest BCUT2D eigenvalue weighted by molar-refractivity contribution is -0.500. The summed E-state index contributed by atoms with van der Waals surface area (Å²) in [5, 5.41) is 0. The van der Waals surface area contributed by atoms with Crippen LogP contribution in [0.25, 0.3) is 0 Å². The minimum absolute atomic E-state index is 0. The van der Waals surface area contributed by atoms with E-state index in [1.165, 1.54) is 31.5 Å². The molecule has 76 valence electrons. The van der Waals surface area contributed by atoms with Crippen molar-refractivity contribution in [2.24, 2.45) is 0 Å². The van der Waals surface area contributed by atoms with Crippen LogP contribution in [0.2, 0.25) is 0 Å². The first-order valence-corrected chi connectivity index (χ1v) is 5.48. The molecule has 1 nitrogen and oxygen atoms in total. The Morgan fingerprint density at radius 1 is 1.21 bits per heavy atom. The highest BCUT2D eigenvalue weighted by molar-refractivity contribution is 9.10. The first-order chi connectivity index (χ1) is 6.34. The van der Waals surface area contributed by atoms with E-state index in [1.54, 1.807) is 0 Å². The largest absolute Gasteiger partial charge is 1.00 e. The van der Waals surface area contributed by atoms with Crippen LogP contribution in [-0.4, -0.2) is 23.9 Å². The van der Waals surface area contributed by atoms with Crippen LogP contribution in [0.15, 0.2) is 28.7 Å². The van der Waals surface area contributed by atoms with Crippen LogP contribution in [0.1, 0.15) is 18.4 Å². The second kappa shape index (κ2) is 5.52. The molecule has 1 aromatic carbocycles. The molecule has 0 bridgehead atoms. The molecule has 1 aliphatic rings. The molecule has 1 heterocycles. The molecule has 3 heteroatoms. The summed E-state index contributed by atoms with van der Waals surface area (Å²) in [6, 6.07) is 8.43. The van der Waals surface area contributed by atoms with E-state index in [-0.39, 0.29) is 12.4 Å². The van der Waals surface area contributed by atoms with E-state index in [0.29, 0.717) is 0 Å². The van der Waals surface area contributed by atoms with Gasteiger partial charge in [0.15, 0.2) is 6.21 Å². The minimum Gasteiger partial charge on any atom is -1.00 e. The van der Waals surface area contributed by atoms with Crippen molar-refractivity contribution in [3.05, 3.63) is 34.3 Å². The summed E-state index contributed by atoms with van der Waals surface area (Å²) in [5.74, 6) is 0. The van der Waals surface area contributed by atoms with Crippen LogP contribution >= 0.6 is 15.9 Å². The number of halogens is 2. The van der Waals surface area contributed by atoms with E-state index >= 15 is 0 Å². The summed E-state index contributed by atoms with van der Waals surface area (Å²) in [4.78, 5) is 0. The Labute approximate surface area is 99.4 Å². The Balaban J connectivity index is 0.000000980. The number of nitrogens with zero attached hydrogens (tertiary/aromatic N) is 1. The second-order valence-corrected chi connectivity index (χ2v) is 4.34. The van der Waals surface area contributed by atoms with Crippen molar-refractivity contribution in [1.29, 1.82) is 0 Å². The maximum atomic E-state index is 3.47. The van der Waals surface area contributed by atoms with Gasteiger partial charge in [-0.25, -0.2) is 4.58 Å². The zero-order valence-electron chi connectivity index (χ0n) is 7.92. The normalized spacial score (nSPS) is 15.1. The van der Waals surface area contributed by atoms with Crippen molar-refractivity contribution in [3.63, 3.8) is 0 Å². The Morgan fingerprint density at radius 3 is 2.57 bits per heavy atom. The van der Waals surface area contributed by atoms with Crippen molar-refractivity contribution in [2.45, 2.75) is 12.8 Å². The summed E-state index contributed by atoms with van der Waals surface area (Å²) in [5.41, 5.74) is 1.29. The lowest BCUT2D eigenvalue weighted by Gasteiger charge is -1.94. The molecule has 0 amide bonds. The number of rotatable bonds is 1. The van der Waals surface area contributed by atoms with Gasteiger partial charge in [-0.05, 0) is 18.2 Å². The Bertz CT molecular complexity index is 328. The Hall–Kier alpha value is -0.340. The van der Waals surface area contributed by atoms with Gasteiger partial charge in [0.2, 0.25) is 0 Å². The van der Waals surface area contributed by atoms with Crippen LogP contribution in [0, 0.1) is 0 Å². The topological polar surface area (TPSA) is 3.01 Å². The van der Waals surface area contributed by atoms with Gasteiger partial charge in [-0.3, -0.25) is 0 Å². The number of benzene rings is 1. The molecular weight excluding hydrogens is 261 g/mol. The minimum atomic E-state index is 0. The molecule has 1 saturated heterocycles. The van der Waals surface area contributed by atoms with Crippen molar-refractivity contribution in [1.82, 2.24) is 0 Å². The third kappa shape index (κ3) is 3.10. The van der Waals surface area contributed by atoms with Crippen LogP contribution in [0.5, 0.6) is 0 Å². The summed E-state index contributed by atoms with van der Waals surface area (Å²) < 4.78 is 3.54. The highest BCUT2D eigenvalue weighted by atomic mass is 79.9. The molecule has 0 radical (unpaired) electrons. The maximum absolute atomic E-state index is 3.47. The molecule has 0 N–H and O–H groups in total. The Morgan fingerprint density at radius 2 is 1.93 bits per heavy atom. The molecule has 0 aliphatic carbocycles. The third-order valence-corrected chi connectivity index (χ3v) is 2.81. The molecule has 1 aromatic rings. The average Bonchev–Trinajstić information content (AvgIpc) is 2.57. The van der Waals surface area contributed by atoms with Crippen molar-refractivity contribution < 1.29 is 17.0 Å². The smallest absolute Gasteiger partial charge is 0.170 e. The van der Waals surface area contributed by atoms with Gasteiger partial charge in [-0.2, -0.15) is 0 Å². The lowest BCUT2D eigenvalue weighted by Crippen LogP contribution is -3.00. The standard InChI is InChI=1S/C11H13BrN.ClH/c12-11-5-3-4-10(8-11)9-13-6-1-2-7-13;/h3-5,8-9H,1-2,6-7H2;1H/q+1;/p-1. The number of hydrogen-bond donors (Lipinski definition) is 0. The quantitative estimate of drug-likeness (QED) is 0.618. The first kappa shape index (κ1) is 11.7. The average molecular weight is 275 g/mol. The molecule has 0 saturated carbocycles. The molecule has 0 unspecified atom stereocenters. The van der Waals surface area contributed by atoms with Crippen molar-refractivity contribution in [2.75, 3.05) is 13.1 Å². The van der Waals surface area contributed by atoms with E-state index in [1.807, 2.05) is 0 Å². The van der Waals surface area contributed by atoms with Crippen LogP contribution in [0.3, 0.4) is 0 Å². The molecule has 1 aliphatic heterocycles. The molecule has 14 heavy (non-hydrogen) atoms. The fraction of sp³-hybridized carbons (Fsp3) is 0.364. The van der Waals surface area contributed by atoms with E-state index in [4.69, 9.17) is 0 Å². The van der Waals surface area contributed by atoms with Gasteiger partial charge >= 0.3 is 0 Å². The predicted octanol–water partition coefficient (Wildman–Crippen LogP) is -0.322. The van der Waals surface area contributed by atoms with Gasteiger partial charge in [0.05, 0.1) is 0 Å². The lowest BCUT2D eigenvalue weighted by atomic mass is 10.2. The maximum Gasteiger partial charge on any atom is 0.170 e. The summed E-state index contributed by atoms with van der Waals surface area (Å²) in [7, 11) is 0. The van der Waals surface area contributed by atoms with Gasteiger partial charge < -0.3 is 12.4 Å².